The predicted octanol–water partition coefficient (Wildman–Crippen LogP) is 3.01. The van der Waals surface area contributed by atoms with E-state index in [9.17, 15) is 13.2 Å². The maximum atomic E-state index is 11.9. The molecule has 0 radical (unpaired) electrons. The fraction of sp³-hybridized carbons (Fsp3) is 0.588. The summed E-state index contributed by atoms with van der Waals surface area (Å²) in [4.78, 5) is 12.2. The Morgan fingerprint density at radius 1 is 1.22 bits per heavy atom. The smallest absolute Gasteiger partial charge is 0.250 e. The number of rotatable bonds is 6. The fourth-order valence-corrected chi connectivity index (χ4v) is 3.71. The van der Waals surface area contributed by atoms with Crippen LogP contribution in [0.25, 0.3) is 0 Å². The van der Waals surface area contributed by atoms with E-state index in [-0.39, 0.29) is 29.3 Å². The molecule has 0 bridgehead atoms. The van der Waals surface area contributed by atoms with Crippen molar-refractivity contribution >= 4 is 21.4 Å². The number of hydrogen-bond acceptors (Lipinski definition) is 4. The van der Waals surface area contributed by atoms with Crippen molar-refractivity contribution in [2.45, 2.75) is 50.5 Å². The summed E-state index contributed by atoms with van der Waals surface area (Å²) in [7, 11) is -3.21. The first-order chi connectivity index (χ1) is 10.9. The number of ether oxygens (including phenoxy) is 1. The Bertz CT molecular complexity index is 624. The molecule has 6 heteroatoms. The fourth-order valence-electron chi connectivity index (χ4n) is 2.82. The van der Waals surface area contributed by atoms with Gasteiger partial charge in [-0.15, -0.1) is 0 Å². The monoisotopic (exact) mass is 339 g/mol. The van der Waals surface area contributed by atoms with Gasteiger partial charge in [0.25, 0.3) is 0 Å². The van der Waals surface area contributed by atoms with Crippen LogP contribution in [-0.2, 0) is 19.4 Å². The molecule has 1 saturated carbocycles. The summed E-state index contributed by atoms with van der Waals surface area (Å²) >= 11 is 0. The van der Waals surface area contributed by atoms with Gasteiger partial charge in [0.05, 0.1) is 16.8 Å². The van der Waals surface area contributed by atoms with Gasteiger partial charge >= 0.3 is 0 Å². The summed E-state index contributed by atoms with van der Waals surface area (Å²) in [6.45, 7) is 3.80. The molecule has 1 fully saturated rings. The molecule has 0 spiro atoms. The first-order valence-electron chi connectivity index (χ1n) is 8.16. The second kappa shape index (κ2) is 7.93. The summed E-state index contributed by atoms with van der Waals surface area (Å²) in [6.07, 6.45) is 4.72. The third kappa shape index (κ3) is 5.04. The van der Waals surface area contributed by atoms with Gasteiger partial charge in [-0.2, -0.15) is 0 Å². The Hall–Kier alpha value is -1.40. The average molecular weight is 339 g/mol. The standard InChI is InChI=1S/C17H25NO4S/c1-3-23(20,21)15-10-8-14(9-11-15)18-17(19)12-22-16-7-5-4-6-13(16)2/h8-11,13,16H,3-7,12H2,1-2H3,(H,18,19)/t13-,16-/m1/s1. The lowest BCUT2D eigenvalue weighted by Gasteiger charge is -2.28. The molecule has 0 aliphatic heterocycles. The lowest BCUT2D eigenvalue weighted by atomic mass is 9.88. The largest absolute Gasteiger partial charge is 0.368 e. The lowest BCUT2D eigenvalue weighted by Crippen LogP contribution is -2.29. The Kier molecular flexibility index (Phi) is 6.18. The minimum absolute atomic E-state index is 0.0318. The second-order valence-corrected chi connectivity index (χ2v) is 8.37. The van der Waals surface area contributed by atoms with Crippen LogP contribution in [0.5, 0.6) is 0 Å². The van der Waals surface area contributed by atoms with E-state index in [0.717, 1.165) is 19.3 Å². The van der Waals surface area contributed by atoms with Crippen LogP contribution in [0.3, 0.4) is 0 Å². The van der Waals surface area contributed by atoms with E-state index < -0.39 is 9.84 Å². The molecule has 2 atom stereocenters. The molecule has 0 aromatic heterocycles. The van der Waals surface area contributed by atoms with Crippen molar-refractivity contribution in [3.8, 4) is 0 Å². The normalized spacial score (nSPS) is 21.8. The Balaban J connectivity index is 1.85. The summed E-state index contributed by atoms with van der Waals surface area (Å²) < 4.78 is 29.2. The SMILES string of the molecule is CCS(=O)(=O)c1ccc(NC(=O)CO[C@@H]2CCCC[C@H]2C)cc1. The molecule has 2 rings (SSSR count). The van der Waals surface area contributed by atoms with Gasteiger partial charge < -0.3 is 10.1 Å². The van der Waals surface area contributed by atoms with Crippen molar-refractivity contribution in [2.75, 3.05) is 17.7 Å². The quantitative estimate of drug-likeness (QED) is 0.865. The third-order valence-corrected chi connectivity index (χ3v) is 6.09. The molecular formula is C17H25NO4S. The van der Waals surface area contributed by atoms with Crippen molar-refractivity contribution in [2.24, 2.45) is 5.92 Å². The Labute approximate surface area is 138 Å². The van der Waals surface area contributed by atoms with Crippen LogP contribution in [0.1, 0.15) is 39.5 Å². The number of carbonyl (C=O) groups excluding carboxylic acids is 1. The molecule has 23 heavy (non-hydrogen) atoms. The van der Waals surface area contributed by atoms with Gasteiger partial charge in [-0.3, -0.25) is 4.79 Å². The zero-order chi connectivity index (χ0) is 16.9. The lowest BCUT2D eigenvalue weighted by molar-refractivity contribution is -0.124. The van der Waals surface area contributed by atoms with E-state index in [0.29, 0.717) is 11.6 Å². The molecule has 1 aliphatic rings. The van der Waals surface area contributed by atoms with Crippen LogP contribution >= 0.6 is 0 Å². The molecule has 0 unspecified atom stereocenters. The molecule has 128 valence electrons. The first-order valence-corrected chi connectivity index (χ1v) is 9.82. The minimum atomic E-state index is -3.21. The van der Waals surface area contributed by atoms with Gasteiger partial charge in [0.2, 0.25) is 5.91 Å². The van der Waals surface area contributed by atoms with Crippen molar-refractivity contribution in [3.63, 3.8) is 0 Å². The van der Waals surface area contributed by atoms with E-state index in [4.69, 9.17) is 4.74 Å². The Morgan fingerprint density at radius 2 is 1.87 bits per heavy atom. The van der Waals surface area contributed by atoms with E-state index in [2.05, 4.69) is 12.2 Å². The highest BCUT2D eigenvalue weighted by Gasteiger charge is 2.22. The van der Waals surface area contributed by atoms with Crippen LogP contribution in [0.15, 0.2) is 29.2 Å². The molecule has 1 aromatic rings. The summed E-state index contributed by atoms with van der Waals surface area (Å²) in [6, 6.07) is 6.23. The highest BCUT2D eigenvalue weighted by molar-refractivity contribution is 7.91. The number of hydrogen-bond donors (Lipinski definition) is 1. The van der Waals surface area contributed by atoms with E-state index in [1.54, 1.807) is 19.1 Å². The molecule has 5 nitrogen and oxygen atoms in total. The van der Waals surface area contributed by atoms with Crippen LogP contribution in [0, 0.1) is 5.92 Å². The number of benzene rings is 1. The number of amides is 1. The molecular weight excluding hydrogens is 314 g/mol. The first kappa shape index (κ1) is 17.9. The zero-order valence-electron chi connectivity index (χ0n) is 13.7. The highest BCUT2D eigenvalue weighted by atomic mass is 32.2. The van der Waals surface area contributed by atoms with Crippen LogP contribution < -0.4 is 5.32 Å². The second-order valence-electron chi connectivity index (χ2n) is 6.09. The van der Waals surface area contributed by atoms with Crippen LogP contribution in [0.4, 0.5) is 5.69 Å². The topological polar surface area (TPSA) is 72.5 Å². The number of nitrogens with one attached hydrogen (secondary N) is 1. The van der Waals surface area contributed by atoms with Crippen LogP contribution in [0.2, 0.25) is 0 Å². The van der Waals surface area contributed by atoms with Crippen molar-refractivity contribution < 1.29 is 17.9 Å². The maximum Gasteiger partial charge on any atom is 0.250 e. The van der Waals surface area contributed by atoms with E-state index in [1.165, 1.54) is 18.6 Å². The van der Waals surface area contributed by atoms with Gasteiger partial charge in [-0.25, -0.2) is 8.42 Å². The number of anilines is 1. The molecule has 0 saturated heterocycles. The number of sulfone groups is 1. The molecule has 0 heterocycles. The molecule has 1 aromatic carbocycles. The van der Waals surface area contributed by atoms with Crippen molar-refractivity contribution in [1.82, 2.24) is 0 Å². The van der Waals surface area contributed by atoms with Gasteiger partial charge in [0.1, 0.15) is 6.61 Å². The highest BCUT2D eigenvalue weighted by Crippen LogP contribution is 2.26. The molecule has 1 N–H and O–H groups in total. The maximum absolute atomic E-state index is 11.9. The molecule has 1 aliphatic carbocycles. The predicted molar refractivity (Wildman–Crippen MR) is 90.2 cm³/mol. The third-order valence-electron chi connectivity index (χ3n) is 4.34. The van der Waals surface area contributed by atoms with Crippen molar-refractivity contribution in [3.05, 3.63) is 24.3 Å². The number of carbonyl (C=O) groups is 1. The van der Waals surface area contributed by atoms with Gasteiger partial charge in [0, 0.05) is 5.69 Å². The zero-order valence-corrected chi connectivity index (χ0v) is 14.6. The summed E-state index contributed by atoms with van der Waals surface area (Å²) in [5.74, 6) is 0.343. The van der Waals surface area contributed by atoms with Crippen LogP contribution in [-0.4, -0.2) is 32.8 Å². The van der Waals surface area contributed by atoms with Gasteiger partial charge in [-0.05, 0) is 43.0 Å². The van der Waals surface area contributed by atoms with E-state index in [1.807, 2.05) is 0 Å². The van der Waals surface area contributed by atoms with Gasteiger partial charge in [0.15, 0.2) is 9.84 Å². The average Bonchev–Trinajstić information content (AvgIpc) is 2.54. The summed E-state index contributed by atoms with van der Waals surface area (Å²) in [5, 5.41) is 2.73. The Morgan fingerprint density at radius 3 is 2.48 bits per heavy atom. The van der Waals surface area contributed by atoms with Crippen molar-refractivity contribution in [1.29, 1.82) is 0 Å². The van der Waals surface area contributed by atoms with Gasteiger partial charge in [-0.1, -0.05) is 26.7 Å². The minimum Gasteiger partial charge on any atom is -0.368 e. The summed E-state index contributed by atoms with van der Waals surface area (Å²) in [5.41, 5.74) is 0.574. The van der Waals surface area contributed by atoms with E-state index >= 15 is 0 Å². The molecule has 1 amide bonds.